The molecule has 0 amide bonds. The van der Waals surface area contributed by atoms with Crippen LogP contribution in [0.4, 0.5) is 5.69 Å². The van der Waals surface area contributed by atoms with Crippen molar-refractivity contribution in [2.75, 3.05) is 0 Å². The fraction of sp³-hybridized carbons (Fsp3) is 0.200. The second-order valence-corrected chi connectivity index (χ2v) is 4.43. The summed E-state index contributed by atoms with van der Waals surface area (Å²) in [7, 11) is 1.73. The Morgan fingerprint density at radius 1 is 1.50 bits per heavy atom. The minimum absolute atomic E-state index is 0.0722. The molecule has 2 aromatic rings. The Kier molecular flexibility index (Phi) is 2.38. The first kappa shape index (κ1) is 10.9. The van der Waals surface area contributed by atoms with E-state index in [1.54, 1.807) is 24.6 Å². The Balaban J connectivity index is 2.97. The van der Waals surface area contributed by atoms with Crippen LogP contribution in [0.1, 0.15) is 5.69 Å². The third-order valence-corrected chi connectivity index (χ3v) is 3.35. The number of phenolic OH excluding ortho intramolecular Hbond substituents is 1. The Morgan fingerprint density at radius 3 is 2.69 bits per heavy atom. The number of aromatic nitrogens is 1. The predicted octanol–water partition coefficient (Wildman–Crippen LogP) is 2.86. The molecule has 1 heterocycles. The van der Waals surface area contributed by atoms with Gasteiger partial charge in [-0.25, -0.2) is 0 Å². The number of nitro groups is 1. The maximum atomic E-state index is 11.0. The highest BCUT2D eigenvalue weighted by Gasteiger charge is 2.22. The number of nitrogens with zero attached hydrogens (tertiary/aromatic N) is 2. The van der Waals surface area contributed by atoms with Gasteiger partial charge in [0.25, 0.3) is 5.69 Å². The molecule has 0 saturated carbocycles. The molecule has 2 rings (SSSR count). The minimum atomic E-state index is -0.402. The van der Waals surface area contributed by atoms with E-state index in [1.165, 1.54) is 6.07 Å². The molecular weight excluding hydrogens is 276 g/mol. The molecule has 0 aliphatic carbocycles. The van der Waals surface area contributed by atoms with Gasteiger partial charge < -0.3 is 9.67 Å². The van der Waals surface area contributed by atoms with E-state index < -0.39 is 4.92 Å². The zero-order chi connectivity index (χ0) is 12.0. The molecule has 16 heavy (non-hydrogen) atoms. The first-order valence-corrected chi connectivity index (χ1v) is 5.34. The monoisotopic (exact) mass is 284 g/mol. The summed E-state index contributed by atoms with van der Waals surface area (Å²) in [4.78, 5) is 10.6. The summed E-state index contributed by atoms with van der Waals surface area (Å²) >= 11 is 3.15. The Hall–Kier alpha value is -1.56. The van der Waals surface area contributed by atoms with Crippen molar-refractivity contribution in [1.29, 1.82) is 0 Å². The zero-order valence-corrected chi connectivity index (χ0v) is 10.3. The second kappa shape index (κ2) is 3.48. The van der Waals surface area contributed by atoms with Gasteiger partial charge in [0, 0.05) is 13.1 Å². The largest absolute Gasteiger partial charge is 0.507 e. The number of benzene rings is 1. The zero-order valence-electron chi connectivity index (χ0n) is 8.69. The van der Waals surface area contributed by atoms with Gasteiger partial charge in [0.15, 0.2) is 0 Å². The molecule has 6 heteroatoms. The number of halogens is 1. The molecule has 0 radical (unpaired) electrons. The highest BCUT2D eigenvalue weighted by molar-refractivity contribution is 9.10. The molecule has 0 atom stereocenters. The molecule has 0 bridgehead atoms. The number of hydrogen-bond acceptors (Lipinski definition) is 3. The van der Waals surface area contributed by atoms with Gasteiger partial charge in [0.2, 0.25) is 0 Å². The quantitative estimate of drug-likeness (QED) is 0.647. The van der Waals surface area contributed by atoms with E-state index in [-0.39, 0.29) is 11.4 Å². The normalized spacial score (nSPS) is 10.9. The summed E-state index contributed by atoms with van der Waals surface area (Å²) in [5.74, 6) is 0.0722. The van der Waals surface area contributed by atoms with E-state index in [4.69, 9.17) is 0 Å². The number of aromatic hydroxyl groups is 1. The van der Waals surface area contributed by atoms with E-state index in [2.05, 4.69) is 15.9 Å². The first-order chi connectivity index (χ1) is 7.43. The van der Waals surface area contributed by atoms with Gasteiger partial charge in [0.1, 0.15) is 5.75 Å². The lowest BCUT2D eigenvalue weighted by molar-refractivity contribution is -0.383. The van der Waals surface area contributed by atoms with Crippen LogP contribution in [0.5, 0.6) is 5.75 Å². The minimum Gasteiger partial charge on any atom is -0.507 e. The van der Waals surface area contributed by atoms with Crippen molar-refractivity contribution in [1.82, 2.24) is 4.57 Å². The summed E-state index contributed by atoms with van der Waals surface area (Å²) in [5, 5.41) is 21.0. The molecule has 0 aliphatic heterocycles. The first-order valence-electron chi connectivity index (χ1n) is 4.55. The van der Waals surface area contributed by atoms with Crippen molar-refractivity contribution >= 4 is 32.5 Å². The van der Waals surface area contributed by atoms with Crippen molar-refractivity contribution in [3.8, 4) is 5.75 Å². The highest BCUT2D eigenvalue weighted by Crippen LogP contribution is 2.37. The Labute approximate surface area is 99.6 Å². The van der Waals surface area contributed by atoms with Crippen molar-refractivity contribution in [2.24, 2.45) is 7.05 Å². The molecule has 0 unspecified atom stereocenters. The van der Waals surface area contributed by atoms with Crippen molar-refractivity contribution < 1.29 is 10.0 Å². The lowest BCUT2D eigenvalue weighted by atomic mass is 10.2. The van der Waals surface area contributed by atoms with Crippen molar-refractivity contribution in [3.63, 3.8) is 0 Å². The average molecular weight is 285 g/mol. The molecule has 0 aliphatic rings. The molecule has 5 nitrogen and oxygen atoms in total. The van der Waals surface area contributed by atoms with E-state index in [9.17, 15) is 15.2 Å². The van der Waals surface area contributed by atoms with E-state index in [1.807, 2.05) is 0 Å². The van der Waals surface area contributed by atoms with Crippen LogP contribution < -0.4 is 0 Å². The van der Waals surface area contributed by atoms with Crippen LogP contribution in [-0.4, -0.2) is 14.6 Å². The molecule has 1 aromatic carbocycles. The van der Waals surface area contributed by atoms with Crippen LogP contribution in [-0.2, 0) is 7.05 Å². The van der Waals surface area contributed by atoms with Gasteiger partial charge in [-0.05, 0) is 28.9 Å². The highest BCUT2D eigenvalue weighted by atomic mass is 79.9. The molecular formula is C10H9BrN2O3. The third kappa shape index (κ3) is 1.37. The Morgan fingerprint density at radius 2 is 2.12 bits per heavy atom. The number of fused-ring (bicyclic) bond motifs is 1. The summed E-state index contributed by atoms with van der Waals surface area (Å²) in [6.07, 6.45) is 0. The summed E-state index contributed by atoms with van der Waals surface area (Å²) < 4.78 is 2.15. The molecule has 0 fully saturated rings. The van der Waals surface area contributed by atoms with Crippen LogP contribution in [0.15, 0.2) is 16.6 Å². The van der Waals surface area contributed by atoms with E-state index in [0.717, 1.165) is 0 Å². The van der Waals surface area contributed by atoms with Gasteiger partial charge in [-0.15, -0.1) is 0 Å². The van der Waals surface area contributed by atoms with Gasteiger partial charge >= 0.3 is 0 Å². The molecule has 0 spiro atoms. The number of phenols is 1. The maximum absolute atomic E-state index is 11.0. The van der Waals surface area contributed by atoms with Crippen molar-refractivity contribution in [2.45, 2.75) is 6.92 Å². The van der Waals surface area contributed by atoms with Crippen LogP contribution in [0, 0.1) is 17.0 Å². The fourth-order valence-corrected chi connectivity index (χ4v) is 2.13. The van der Waals surface area contributed by atoms with Gasteiger partial charge in [-0.1, -0.05) is 0 Å². The lowest BCUT2D eigenvalue weighted by Gasteiger charge is -1.99. The predicted molar refractivity (Wildman–Crippen MR) is 63.7 cm³/mol. The summed E-state index contributed by atoms with van der Waals surface area (Å²) in [6, 6.07) is 3.08. The lowest BCUT2D eigenvalue weighted by Crippen LogP contribution is -1.93. The fourth-order valence-electron chi connectivity index (χ4n) is 1.78. The second-order valence-electron chi connectivity index (χ2n) is 3.57. The average Bonchev–Trinajstić information content (AvgIpc) is 2.42. The maximum Gasteiger partial charge on any atom is 0.297 e. The van der Waals surface area contributed by atoms with Crippen LogP contribution >= 0.6 is 15.9 Å². The molecule has 1 aromatic heterocycles. The standard InChI is InChI=1S/C10H9BrN2O3/c1-5-10(13(15)16)6-3-7(11)9(14)4-8(6)12(5)2/h3-4,14H,1-2H3. The Bertz CT molecular complexity index is 604. The molecule has 1 N–H and O–H groups in total. The number of aryl methyl sites for hydroxylation is 1. The van der Waals surface area contributed by atoms with Crippen LogP contribution in [0.3, 0.4) is 0 Å². The van der Waals surface area contributed by atoms with Gasteiger partial charge in [-0.3, -0.25) is 10.1 Å². The third-order valence-electron chi connectivity index (χ3n) is 2.71. The SMILES string of the molecule is Cc1c([N+](=O)[O-])c2cc(Br)c(O)cc2n1C. The van der Waals surface area contributed by atoms with E-state index >= 15 is 0 Å². The van der Waals surface area contributed by atoms with Crippen LogP contribution in [0.25, 0.3) is 10.9 Å². The van der Waals surface area contributed by atoms with E-state index in [0.29, 0.717) is 21.1 Å². The topological polar surface area (TPSA) is 68.3 Å². The number of rotatable bonds is 1. The van der Waals surface area contributed by atoms with Gasteiger partial charge in [-0.2, -0.15) is 0 Å². The van der Waals surface area contributed by atoms with Gasteiger partial charge in [0.05, 0.1) is 26.0 Å². The number of hydrogen-bond donors (Lipinski definition) is 1. The van der Waals surface area contributed by atoms with Crippen molar-refractivity contribution in [3.05, 3.63) is 32.4 Å². The summed E-state index contributed by atoms with van der Waals surface area (Å²) in [5.41, 5.74) is 1.29. The molecule has 84 valence electrons. The molecule has 0 saturated heterocycles. The van der Waals surface area contributed by atoms with Crippen LogP contribution in [0.2, 0.25) is 0 Å². The smallest absolute Gasteiger partial charge is 0.297 e. The summed E-state index contributed by atoms with van der Waals surface area (Å²) in [6.45, 7) is 1.68.